The largest absolute Gasteiger partial charge is 0.493 e. The van der Waals surface area contributed by atoms with Crippen molar-refractivity contribution in [1.29, 1.82) is 0 Å². The number of halogens is 3. The summed E-state index contributed by atoms with van der Waals surface area (Å²) in [6, 6.07) is 21.6. The second-order valence-electron chi connectivity index (χ2n) is 6.59. The SMILES string of the molecule is O=C(CNc1cccc(C(F)(F)F)c1)Nc1ccc(OCCc2ccccc2)cc1. The van der Waals surface area contributed by atoms with Crippen molar-refractivity contribution in [3.63, 3.8) is 0 Å². The van der Waals surface area contributed by atoms with Crippen LogP contribution in [0.15, 0.2) is 78.9 Å². The molecule has 0 heterocycles. The summed E-state index contributed by atoms with van der Waals surface area (Å²) >= 11 is 0. The van der Waals surface area contributed by atoms with E-state index in [4.69, 9.17) is 4.74 Å². The minimum Gasteiger partial charge on any atom is -0.493 e. The zero-order valence-electron chi connectivity index (χ0n) is 16.1. The van der Waals surface area contributed by atoms with Gasteiger partial charge in [0.15, 0.2) is 0 Å². The van der Waals surface area contributed by atoms with Crippen molar-refractivity contribution in [3.05, 3.63) is 90.0 Å². The van der Waals surface area contributed by atoms with Crippen molar-refractivity contribution in [2.45, 2.75) is 12.6 Å². The maximum atomic E-state index is 12.7. The summed E-state index contributed by atoms with van der Waals surface area (Å²) in [5, 5.41) is 5.38. The molecule has 0 aromatic heterocycles. The molecule has 3 rings (SSSR count). The van der Waals surface area contributed by atoms with Crippen molar-refractivity contribution in [1.82, 2.24) is 0 Å². The van der Waals surface area contributed by atoms with E-state index in [2.05, 4.69) is 10.6 Å². The first-order valence-corrected chi connectivity index (χ1v) is 9.38. The summed E-state index contributed by atoms with van der Waals surface area (Å²) in [7, 11) is 0. The number of carbonyl (C=O) groups excluding carboxylic acids is 1. The molecule has 0 bridgehead atoms. The highest BCUT2D eigenvalue weighted by atomic mass is 19.4. The number of ether oxygens (including phenoxy) is 1. The number of nitrogens with one attached hydrogen (secondary N) is 2. The summed E-state index contributed by atoms with van der Waals surface area (Å²) in [4.78, 5) is 12.1. The van der Waals surface area contributed by atoms with Gasteiger partial charge in [0, 0.05) is 17.8 Å². The van der Waals surface area contributed by atoms with E-state index in [1.165, 1.54) is 17.7 Å². The molecule has 0 saturated heterocycles. The van der Waals surface area contributed by atoms with Gasteiger partial charge < -0.3 is 15.4 Å². The van der Waals surface area contributed by atoms with Crippen LogP contribution in [0.4, 0.5) is 24.5 Å². The molecule has 0 radical (unpaired) electrons. The summed E-state index contributed by atoms with van der Waals surface area (Å²) in [6.45, 7) is 0.382. The smallest absolute Gasteiger partial charge is 0.416 e. The molecule has 156 valence electrons. The summed E-state index contributed by atoms with van der Waals surface area (Å²) in [5.41, 5.74) is 1.22. The van der Waals surface area contributed by atoms with E-state index in [-0.39, 0.29) is 18.1 Å². The van der Waals surface area contributed by atoms with Crippen molar-refractivity contribution in [3.8, 4) is 5.75 Å². The molecule has 0 spiro atoms. The Bertz CT molecular complexity index is 958. The van der Waals surface area contributed by atoms with Crippen molar-refractivity contribution < 1.29 is 22.7 Å². The molecule has 30 heavy (non-hydrogen) atoms. The van der Waals surface area contributed by atoms with Gasteiger partial charge in [-0.05, 0) is 48.0 Å². The third kappa shape index (κ3) is 6.55. The van der Waals surface area contributed by atoms with E-state index in [1.807, 2.05) is 30.3 Å². The van der Waals surface area contributed by atoms with Crippen LogP contribution in [0.2, 0.25) is 0 Å². The molecule has 0 unspecified atom stereocenters. The predicted molar refractivity (Wildman–Crippen MR) is 111 cm³/mol. The fourth-order valence-electron chi connectivity index (χ4n) is 2.76. The van der Waals surface area contributed by atoms with Crippen LogP contribution < -0.4 is 15.4 Å². The average Bonchev–Trinajstić information content (AvgIpc) is 2.74. The van der Waals surface area contributed by atoms with Crippen molar-refractivity contribution in [2.24, 2.45) is 0 Å². The van der Waals surface area contributed by atoms with Gasteiger partial charge in [0.2, 0.25) is 5.91 Å². The Morgan fingerprint density at radius 3 is 2.30 bits per heavy atom. The Balaban J connectivity index is 1.44. The second-order valence-corrected chi connectivity index (χ2v) is 6.59. The predicted octanol–water partition coefficient (Wildman–Crippen LogP) is 5.38. The highest BCUT2D eigenvalue weighted by Gasteiger charge is 2.30. The summed E-state index contributed by atoms with van der Waals surface area (Å²) < 4.78 is 43.9. The van der Waals surface area contributed by atoms with E-state index in [1.54, 1.807) is 24.3 Å². The zero-order valence-corrected chi connectivity index (χ0v) is 16.1. The summed E-state index contributed by atoms with van der Waals surface area (Å²) in [5.74, 6) is 0.316. The maximum absolute atomic E-state index is 12.7. The Labute approximate surface area is 172 Å². The highest BCUT2D eigenvalue weighted by molar-refractivity contribution is 5.93. The molecule has 0 atom stereocenters. The van der Waals surface area contributed by atoms with Crippen molar-refractivity contribution >= 4 is 17.3 Å². The Morgan fingerprint density at radius 2 is 1.60 bits per heavy atom. The minimum atomic E-state index is -4.43. The quantitative estimate of drug-likeness (QED) is 0.521. The third-order valence-electron chi connectivity index (χ3n) is 4.28. The van der Waals surface area contributed by atoms with Crippen LogP contribution in [-0.4, -0.2) is 19.1 Å². The van der Waals surface area contributed by atoms with Crippen LogP contribution >= 0.6 is 0 Å². The number of benzene rings is 3. The molecule has 0 aliphatic heterocycles. The van der Waals surface area contributed by atoms with Crippen LogP contribution in [0.3, 0.4) is 0 Å². The third-order valence-corrected chi connectivity index (χ3v) is 4.28. The van der Waals surface area contributed by atoms with Gasteiger partial charge >= 0.3 is 6.18 Å². The van der Waals surface area contributed by atoms with Gasteiger partial charge in [-0.3, -0.25) is 4.79 Å². The Hall–Kier alpha value is -3.48. The minimum absolute atomic E-state index is 0.156. The Morgan fingerprint density at radius 1 is 0.867 bits per heavy atom. The molecular weight excluding hydrogens is 393 g/mol. The van der Waals surface area contributed by atoms with Gasteiger partial charge in [0.1, 0.15) is 5.75 Å². The lowest BCUT2D eigenvalue weighted by Crippen LogP contribution is -2.21. The first kappa shape index (κ1) is 21.2. The maximum Gasteiger partial charge on any atom is 0.416 e. The lowest BCUT2D eigenvalue weighted by Gasteiger charge is -2.11. The number of anilines is 2. The first-order valence-electron chi connectivity index (χ1n) is 9.38. The lowest BCUT2D eigenvalue weighted by atomic mass is 10.2. The fraction of sp³-hybridized carbons (Fsp3) is 0.174. The molecule has 4 nitrogen and oxygen atoms in total. The van der Waals surface area contributed by atoms with Gasteiger partial charge in [-0.15, -0.1) is 0 Å². The summed E-state index contributed by atoms with van der Waals surface area (Å²) in [6.07, 6.45) is -3.63. The first-order chi connectivity index (χ1) is 14.4. The zero-order chi connectivity index (χ0) is 21.4. The van der Waals surface area contributed by atoms with Crippen LogP contribution in [0.1, 0.15) is 11.1 Å². The van der Waals surface area contributed by atoms with Crippen LogP contribution in [-0.2, 0) is 17.4 Å². The molecule has 0 aliphatic carbocycles. The standard InChI is InChI=1S/C23H21F3N2O2/c24-23(25,26)18-7-4-8-20(15-18)27-16-22(29)28-19-9-11-21(12-10-19)30-14-13-17-5-2-1-3-6-17/h1-12,15,27H,13-14,16H2,(H,28,29). The van der Waals surface area contributed by atoms with Gasteiger partial charge in [-0.25, -0.2) is 0 Å². The van der Waals surface area contributed by atoms with Gasteiger partial charge in [0.25, 0.3) is 0 Å². The number of alkyl halides is 3. The van der Waals surface area contributed by atoms with Crippen LogP contribution in [0.25, 0.3) is 0 Å². The highest BCUT2D eigenvalue weighted by Crippen LogP contribution is 2.30. The molecule has 1 amide bonds. The second kappa shape index (κ2) is 9.82. The average molecular weight is 414 g/mol. The number of hydrogen-bond acceptors (Lipinski definition) is 3. The van der Waals surface area contributed by atoms with E-state index in [0.29, 0.717) is 18.0 Å². The molecule has 2 N–H and O–H groups in total. The normalized spacial score (nSPS) is 11.0. The van der Waals surface area contributed by atoms with E-state index in [9.17, 15) is 18.0 Å². The number of rotatable bonds is 8. The Kier molecular flexibility index (Phi) is 6.95. The van der Waals surface area contributed by atoms with Crippen molar-refractivity contribution in [2.75, 3.05) is 23.8 Å². The van der Waals surface area contributed by atoms with E-state index >= 15 is 0 Å². The monoisotopic (exact) mass is 414 g/mol. The number of amides is 1. The van der Waals surface area contributed by atoms with Gasteiger partial charge in [-0.2, -0.15) is 13.2 Å². The molecule has 0 fully saturated rings. The topological polar surface area (TPSA) is 50.4 Å². The van der Waals surface area contributed by atoms with E-state index < -0.39 is 11.7 Å². The lowest BCUT2D eigenvalue weighted by molar-refractivity contribution is -0.137. The molecule has 0 saturated carbocycles. The van der Waals surface area contributed by atoms with Crippen LogP contribution in [0, 0.1) is 0 Å². The number of carbonyl (C=O) groups is 1. The van der Waals surface area contributed by atoms with Gasteiger partial charge in [0.05, 0.1) is 18.7 Å². The molecule has 7 heteroatoms. The van der Waals surface area contributed by atoms with Crippen LogP contribution in [0.5, 0.6) is 5.75 Å². The van der Waals surface area contributed by atoms with E-state index in [0.717, 1.165) is 18.6 Å². The van der Waals surface area contributed by atoms with Gasteiger partial charge in [-0.1, -0.05) is 36.4 Å². The number of hydrogen-bond donors (Lipinski definition) is 2. The fourth-order valence-corrected chi connectivity index (χ4v) is 2.76. The molecule has 0 aliphatic rings. The molecule has 3 aromatic carbocycles. The molecule has 3 aromatic rings. The molecular formula is C23H21F3N2O2.